The first kappa shape index (κ1) is 13.6. The van der Waals surface area contributed by atoms with E-state index in [1.165, 1.54) is 12.1 Å². The minimum atomic E-state index is -4.68. The maximum absolute atomic E-state index is 11.9. The van der Waals surface area contributed by atoms with E-state index in [4.69, 9.17) is 0 Å². The SMILES string of the molecule is CCC(C)(C)Nc1ccc(OC(F)(F)F)cn1. The van der Waals surface area contributed by atoms with E-state index in [2.05, 4.69) is 15.0 Å². The number of nitrogens with zero attached hydrogens (tertiary/aromatic N) is 1. The van der Waals surface area contributed by atoms with Crippen molar-refractivity contribution in [2.45, 2.75) is 39.1 Å². The summed E-state index contributed by atoms with van der Waals surface area (Å²) >= 11 is 0. The minimum Gasteiger partial charge on any atom is -0.404 e. The molecule has 0 saturated carbocycles. The topological polar surface area (TPSA) is 34.1 Å². The molecule has 1 N–H and O–H groups in total. The average Bonchev–Trinajstić information content (AvgIpc) is 2.19. The number of rotatable bonds is 4. The fourth-order valence-corrected chi connectivity index (χ4v) is 1.08. The van der Waals surface area contributed by atoms with Gasteiger partial charge in [-0.3, -0.25) is 0 Å². The van der Waals surface area contributed by atoms with E-state index < -0.39 is 6.36 Å². The summed E-state index contributed by atoms with van der Waals surface area (Å²) in [4.78, 5) is 3.86. The Labute approximate surface area is 98.0 Å². The summed E-state index contributed by atoms with van der Waals surface area (Å²) < 4.78 is 39.4. The molecular weight excluding hydrogens is 233 g/mol. The van der Waals surface area contributed by atoms with Crippen LogP contribution in [-0.2, 0) is 0 Å². The highest BCUT2D eigenvalue weighted by atomic mass is 19.4. The number of alkyl halides is 3. The highest BCUT2D eigenvalue weighted by molar-refractivity contribution is 5.39. The number of ether oxygens (including phenoxy) is 1. The number of hydrogen-bond acceptors (Lipinski definition) is 3. The summed E-state index contributed by atoms with van der Waals surface area (Å²) in [5.41, 5.74) is -0.153. The second-order valence-electron chi connectivity index (χ2n) is 4.29. The normalized spacial score (nSPS) is 12.4. The predicted octanol–water partition coefficient (Wildman–Crippen LogP) is 3.58. The van der Waals surface area contributed by atoms with Crippen molar-refractivity contribution in [1.29, 1.82) is 0 Å². The molecular formula is C11H15F3N2O. The third-order valence-electron chi connectivity index (χ3n) is 2.32. The Bertz CT molecular complexity index is 360. The molecule has 0 radical (unpaired) electrons. The first-order valence-electron chi connectivity index (χ1n) is 5.22. The molecule has 0 aromatic carbocycles. The first-order valence-corrected chi connectivity index (χ1v) is 5.22. The molecule has 0 aliphatic heterocycles. The molecule has 0 amide bonds. The van der Waals surface area contributed by atoms with E-state index in [1.807, 2.05) is 20.8 Å². The lowest BCUT2D eigenvalue weighted by Crippen LogP contribution is -2.30. The van der Waals surface area contributed by atoms with Crippen LogP contribution in [0.1, 0.15) is 27.2 Å². The lowest BCUT2D eigenvalue weighted by Gasteiger charge is -2.25. The summed E-state index contributed by atoms with van der Waals surface area (Å²) in [6.45, 7) is 5.97. The van der Waals surface area contributed by atoms with Crippen LogP contribution in [0.25, 0.3) is 0 Å². The molecule has 17 heavy (non-hydrogen) atoms. The van der Waals surface area contributed by atoms with E-state index in [1.54, 1.807) is 0 Å². The van der Waals surface area contributed by atoms with Crippen LogP contribution in [0.2, 0.25) is 0 Å². The Kier molecular flexibility index (Phi) is 3.85. The highest BCUT2D eigenvalue weighted by Gasteiger charge is 2.31. The first-order chi connectivity index (χ1) is 7.72. The zero-order chi connectivity index (χ0) is 13.1. The monoisotopic (exact) mass is 248 g/mol. The molecule has 0 saturated heterocycles. The van der Waals surface area contributed by atoms with E-state index in [-0.39, 0.29) is 11.3 Å². The number of hydrogen-bond donors (Lipinski definition) is 1. The van der Waals surface area contributed by atoms with Crippen molar-refractivity contribution in [3.63, 3.8) is 0 Å². The second-order valence-corrected chi connectivity index (χ2v) is 4.29. The van der Waals surface area contributed by atoms with Gasteiger partial charge in [-0.05, 0) is 32.4 Å². The van der Waals surface area contributed by atoms with Crippen LogP contribution in [0.15, 0.2) is 18.3 Å². The van der Waals surface area contributed by atoms with E-state index in [9.17, 15) is 13.2 Å². The summed E-state index contributed by atoms with van der Waals surface area (Å²) in [5.74, 6) is 0.198. The standard InChI is InChI=1S/C11H15F3N2O/c1-4-10(2,3)16-9-6-5-8(7-15-9)17-11(12,13)14/h5-7H,4H2,1-3H3,(H,15,16). The van der Waals surface area contributed by atoms with Crippen LogP contribution < -0.4 is 10.1 Å². The lowest BCUT2D eigenvalue weighted by atomic mass is 10.0. The van der Waals surface area contributed by atoms with Crippen molar-refractivity contribution in [1.82, 2.24) is 4.98 Å². The van der Waals surface area contributed by atoms with Gasteiger partial charge in [0.05, 0.1) is 6.20 Å². The van der Waals surface area contributed by atoms with Crippen molar-refractivity contribution in [2.24, 2.45) is 0 Å². The number of anilines is 1. The van der Waals surface area contributed by atoms with Crippen LogP contribution >= 0.6 is 0 Å². The molecule has 1 heterocycles. The van der Waals surface area contributed by atoms with Crippen molar-refractivity contribution >= 4 is 5.82 Å². The number of halogens is 3. The van der Waals surface area contributed by atoms with E-state index >= 15 is 0 Å². The molecule has 1 rings (SSSR count). The molecule has 1 aromatic heterocycles. The maximum Gasteiger partial charge on any atom is 0.573 e. The van der Waals surface area contributed by atoms with Gasteiger partial charge in [0.2, 0.25) is 0 Å². The number of pyridine rings is 1. The van der Waals surface area contributed by atoms with Crippen molar-refractivity contribution in [3.05, 3.63) is 18.3 Å². The van der Waals surface area contributed by atoms with Crippen LogP contribution in [-0.4, -0.2) is 16.9 Å². The fraction of sp³-hybridized carbons (Fsp3) is 0.545. The lowest BCUT2D eigenvalue weighted by molar-refractivity contribution is -0.274. The smallest absolute Gasteiger partial charge is 0.404 e. The van der Waals surface area contributed by atoms with E-state index in [0.717, 1.165) is 12.6 Å². The van der Waals surface area contributed by atoms with Gasteiger partial charge in [0.15, 0.2) is 0 Å². The van der Waals surface area contributed by atoms with Crippen LogP contribution in [0, 0.1) is 0 Å². The highest BCUT2D eigenvalue weighted by Crippen LogP contribution is 2.23. The van der Waals surface area contributed by atoms with Gasteiger partial charge in [-0.1, -0.05) is 6.92 Å². The summed E-state index contributed by atoms with van der Waals surface area (Å²) in [5, 5.41) is 3.11. The quantitative estimate of drug-likeness (QED) is 0.884. The molecule has 0 aliphatic carbocycles. The Morgan fingerprint density at radius 1 is 1.29 bits per heavy atom. The Hall–Kier alpha value is -1.46. The van der Waals surface area contributed by atoms with Gasteiger partial charge in [-0.25, -0.2) is 4.98 Å². The van der Waals surface area contributed by atoms with Gasteiger partial charge in [0.25, 0.3) is 0 Å². The van der Waals surface area contributed by atoms with Gasteiger partial charge in [-0.15, -0.1) is 13.2 Å². The predicted molar refractivity (Wildman–Crippen MR) is 58.9 cm³/mol. The summed E-state index contributed by atoms with van der Waals surface area (Å²) in [6.07, 6.45) is -2.77. The van der Waals surface area contributed by atoms with Crippen molar-refractivity contribution in [2.75, 3.05) is 5.32 Å². The molecule has 1 aromatic rings. The molecule has 0 spiro atoms. The number of aromatic nitrogens is 1. The molecule has 96 valence electrons. The van der Waals surface area contributed by atoms with Gasteiger partial charge >= 0.3 is 6.36 Å². The summed E-state index contributed by atoms with van der Waals surface area (Å²) in [7, 11) is 0. The summed E-state index contributed by atoms with van der Waals surface area (Å²) in [6, 6.07) is 2.69. The number of nitrogens with one attached hydrogen (secondary N) is 1. The molecule has 3 nitrogen and oxygen atoms in total. The third kappa shape index (κ3) is 4.93. The van der Waals surface area contributed by atoms with Gasteiger partial charge in [0.1, 0.15) is 11.6 Å². The molecule has 0 fully saturated rings. The maximum atomic E-state index is 11.9. The van der Waals surface area contributed by atoms with Crippen LogP contribution in [0.3, 0.4) is 0 Å². The second kappa shape index (κ2) is 4.81. The zero-order valence-corrected chi connectivity index (χ0v) is 9.93. The largest absolute Gasteiger partial charge is 0.573 e. The molecule has 6 heteroatoms. The van der Waals surface area contributed by atoms with Crippen molar-refractivity contribution in [3.8, 4) is 5.75 Å². The van der Waals surface area contributed by atoms with Crippen LogP contribution in [0.5, 0.6) is 5.75 Å². The van der Waals surface area contributed by atoms with Crippen LogP contribution in [0.4, 0.5) is 19.0 Å². The minimum absolute atomic E-state index is 0.153. The third-order valence-corrected chi connectivity index (χ3v) is 2.32. The van der Waals surface area contributed by atoms with Gasteiger partial charge < -0.3 is 10.1 Å². The van der Waals surface area contributed by atoms with Gasteiger partial charge in [0, 0.05) is 5.54 Å². The van der Waals surface area contributed by atoms with E-state index in [0.29, 0.717) is 5.82 Å². The van der Waals surface area contributed by atoms with Crippen molar-refractivity contribution < 1.29 is 17.9 Å². The molecule has 0 atom stereocenters. The average molecular weight is 248 g/mol. The molecule has 0 aliphatic rings. The Balaban J connectivity index is 2.69. The Morgan fingerprint density at radius 3 is 2.35 bits per heavy atom. The molecule has 0 bridgehead atoms. The Morgan fingerprint density at radius 2 is 1.94 bits per heavy atom. The zero-order valence-electron chi connectivity index (χ0n) is 9.93. The fourth-order valence-electron chi connectivity index (χ4n) is 1.08. The van der Waals surface area contributed by atoms with Gasteiger partial charge in [-0.2, -0.15) is 0 Å². The molecule has 0 unspecified atom stereocenters.